The second kappa shape index (κ2) is 14.5. The molecule has 0 aliphatic carbocycles. The van der Waals surface area contributed by atoms with E-state index in [9.17, 15) is 29.7 Å². The monoisotopic (exact) mass is 751 g/mol. The van der Waals surface area contributed by atoms with E-state index >= 15 is 0 Å². The number of aromatic nitrogens is 3. The standard InChI is InChI=1S/C46H61N3O6/c1-26(2)31-17-28(19-33(37(31)50)43(5,6)7)23-47-40(53)48(24-29-18-32(27(3)4)38(51)34(20-29)44(8,9)10)42(55)49(41(47)54)25-30-21-35(45(11,12)13)39(52)36(22-30)46(14,15)16/h17-22,50-52H,1,3,23-25H2,2,4-16H3. The number of nitrogens with zero attached hydrogens (tertiary/aromatic N) is 3. The Kier molecular flexibility index (Phi) is 11.3. The summed E-state index contributed by atoms with van der Waals surface area (Å²) in [6.07, 6.45) is 0. The minimum atomic E-state index is -0.799. The van der Waals surface area contributed by atoms with E-state index in [1.54, 1.807) is 38.1 Å². The van der Waals surface area contributed by atoms with E-state index in [4.69, 9.17) is 0 Å². The number of aromatic hydroxyl groups is 3. The van der Waals surface area contributed by atoms with Crippen molar-refractivity contribution in [2.45, 2.75) is 138 Å². The number of rotatable bonds is 8. The first-order valence-corrected chi connectivity index (χ1v) is 18.8. The first kappa shape index (κ1) is 42.7. The number of phenols is 3. The molecule has 296 valence electrons. The van der Waals surface area contributed by atoms with E-state index in [1.807, 2.05) is 95.2 Å². The summed E-state index contributed by atoms with van der Waals surface area (Å²) in [7, 11) is 0. The SMILES string of the molecule is C=C(C)c1cc(Cn2c(=O)n(Cc3cc(C(=C)C)c(O)c(C(C)(C)C)c3)c(=O)n(Cc3cc(C(C)(C)C)c(O)c(C(C)(C)C)c3)c2=O)cc(C(C)(C)C)c1O. The van der Waals surface area contributed by atoms with Crippen molar-refractivity contribution in [2.24, 2.45) is 0 Å². The molecule has 0 spiro atoms. The number of phenolic OH excluding ortho intramolecular Hbond substituents is 3. The van der Waals surface area contributed by atoms with Crippen LogP contribution in [0.4, 0.5) is 0 Å². The van der Waals surface area contributed by atoms with Crippen LogP contribution in [-0.2, 0) is 41.3 Å². The Hall–Kier alpha value is -5.05. The van der Waals surface area contributed by atoms with E-state index in [2.05, 4.69) is 13.2 Å². The molecule has 3 N–H and O–H groups in total. The zero-order valence-corrected chi connectivity index (χ0v) is 35.4. The summed E-state index contributed by atoms with van der Waals surface area (Å²) >= 11 is 0. The highest BCUT2D eigenvalue weighted by Crippen LogP contribution is 2.41. The highest BCUT2D eigenvalue weighted by molar-refractivity contribution is 5.71. The van der Waals surface area contributed by atoms with Gasteiger partial charge in [0.25, 0.3) is 0 Å². The highest BCUT2D eigenvalue weighted by Gasteiger charge is 2.29. The topological polar surface area (TPSA) is 127 Å². The Balaban J connectivity index is 2.09. The molecule has 0 radical (unpaired) electrons. The van der Waals surface area contributed by atoms with Crippen molar-refractivity contribution >= 4 is 11.1 Å². The molecular weight excluding hydrogens is 691 g/mol. The van der Waals surface area contributed by atoms with Crippen molar-refractivity contribution in [1.29, 1.82) is 0 Å². The first-order chi connectivity index (χ1) is 24.9. The Morgan fingerprint density at radius 2 is 0.673 bits per heavy atom. The van der Waals surface area contributed by atoms with Gasteiger partial charge in [-0.1, -0.05) is 96.2 Å². The van der Waals surface area contributed by atoms with Gasteiger partial charge in [-0.25, -0.2) is 28.1 Å². The van der Waals surface area contributed by atoms with Crippen LogP contribution in [0.2, 0.25) is 0 Å². The third-order valence-electron chi connectivity index (χ3n) is 10.1. The van der Waals surface area contributed by atoms with Crippen molar-refractivity contribution in [2.75, 3.05) is 0 Å². The molecule has 0 amide bonds. The number of hydrogen-bond donors (Lipinski definition) is 3. The van der Waals surface area contributed by atoms with Gasteiger partial charge in [-0.3, -0.25) is 0 Å². The quantitative estimate of drug-likeness (QED) is 0.165. The molecule has 0 bridgehead atoms. The van der Waals surface area contributed by atoms with Crippen LogP contribution in [0.25, 0.3) is 11.1 Å². The smallest absolute Gasteiger partial charge is 0.336 e. The minimum Gasteiger partial charge on any atom is -0.507 e. The molecule has 0 aliphatic heterocycles. The number of benzene rings is 3. The summed E-state index contributed by atoms with van der Waals surface area (Å²) in [6.45, 7) is 34.8. The predicted octanol–water partition coefficient (Wildman–Crippen LogP) is 8.69. The van der Waals surface area contributed by atoms with Crippen LogP contribution < -0.4 is 17.1 Å². The van der Waals surface area contributed by atoms with Crippen LogP contribution in [0.15, 0.2) is 63.9 Å². The van der Waals surface area contributed by atoms with Gasteiger partial charge in [0, 0.05) is 22.3 Å². The second-order valence-corrected chi connectivity index (χ2v) is 19.3. The zero-order chi connectivity index (χ0) is 41.9. The van der Waals surface area contributed by atoms with Gasteiger partial charge in [0.05, 0.1) is 19.6 Å². The Morgan fingerprint density at radius 1 is 0.455 bits per heavy atom. The van der Waals surface area contributed by atoms with Crippen LogP contribution in [0.3, 0.4) is 0 Å². The van der Waals surface area contributed by atoms with Crippen molar-refractivity contribution in [1.82, 2.24) is 13.7 Å². The van der Waals surface area contributed by atoms with Crippen molar-refractivity contribution in [3.63, 3.8) is 0 Å². The number of allylic oxidation sites excluding steroid dienone is 2. The van der Waals surface area contributed by atoms with Crippen molar-refractivity contribution in [3.05, 3.63) is 131 Å². The lowest BCUT2D eigenvalue weighted by Gasteiger charge is -2.28. The van der Waals surface area contributed by atoms with Gasteiger partial charge in [-0.05, 0) is 111 Å². The normalized spacial score (nSPS) is 12.6. The van der Waals surface area contributed by atoms with Crippen molar-refractivity contribution < 1.29 is 15.3 Å². The fraction of sp³-hybridized carbons (Fsp3) is 0.457. The van der Waals surface area contributed by atoms with Gasteiger partial charge < -0.3 is 15.3 Å². The van der Waals surface area contributed by atoms with Crippen molar-refractivity contribution in [3.8, 4) is 17.2 Å². The largest absolute Gasteiger partial charge is 0.507 e. The van der Waals surface area contributed by atoms with Gasteiger partial charge >= 0.3 is 17.1 Å². The molecule has 0 saturated heterocycles. The highest BCUT2D eigenvalue weighted by atomic mass is 16.3. The van der Waals surface area contributed by atoms with Crippen LogP contribution in [0.1, 0.15) is 147 Å². The maximum atomic E-state index is 14.5. The van der Waals surface area contributed by atoms with Gasteiger partial charge in [0.15, 0.2) is 0 Å². The lowest BCUT2D eigenvalue weighted by Crippen LogP contribution is -2.54. The molecule has 0 unspecified atom stereocenters. The second-order valence-electron chi connectivity index (χ2n) is 19.3. The predicted molar refractivity (Wildman–Crippen MR) is 225 cm³/mol. The minimum absolute atomic E-state index is 0.0883. The average molecular weight is 752 g/mol. The molecule has 1 heterocycles. The molecule has 55 heavy (non-hydrogen) atoms. The lowest BCUT2D eigenvalue weighted by molar-refractivity contribution is 0.422. The molecule has 9 heteroatoms. The molecule has 9 nitrogen and oxygen atoms in total. The fourth-order valence-corrected chi connectivity index (χ4v) is 6.93. The van der Waals surface area contributed by atoms with Gasteiger partial charge in [0.2, 0.25) is 0 Å². The summed E-state index contributed by atoms with van der Waals surface area (Å²) in [5.41, 5.74) is 2.37. The van der Waals surface area contributed by atoms with Crippen LogP contribution in [0.5, 0.6) is 17.2 Å². The summed E-state index contributed by atoms with van der Waals surface area (Å²) in [6, 6.07) is 10.6. The molecular formula is C46H61N3O6. The lowest BCUT2D eigenvalue weighted by atomic mass is 9.78. The maximum absolute atomic E-state index is 14.5. The fourth-order valence-electron chi connectivity index (χ4n) is 6.93. The summed E-state index contributed by atoms with van der Waals surface area (Å²) in [4.78, 5) is 43.6. The molecule has 0 aliphatic rings. The summed E-state index contributed by atoms with van der Waals surface area (Å²) in [5.74, 6) is 0.347. The third-order valence-corrected chi connectivity index (χ3v) is 10.1. The molecule has 0 saturated carbocycles. The van der Waals surface area contributed by atoms with E-state index in [0.717, 1.165) is 13.7 Å². The number of hydrogen-bond acceptors (Lipinski definition) is 6. The first-order valence-electron chi connectivity index (χ1n) is 18.8. The van der Waals surface area contributed by atoms with E-state index in [1.165, 1.54) is 0 Å². The van der Waals surface area contributed by atoms with E-state index in [-0.39, 0.29) is 36.9 Å². The molecule has 3 aromatic carbocycles. The Labute approximate surface area is 326 Å². The van der Waals surface area contributed by atoms with E-state index < -0.39 is 38.7 Å². The van der Waals surface area contributed by atoms with Gasteiger partial charge in [-0.15, -0.1) is 0 Å². The molecule has 4 rings (SSSR count). The molecule has 0 fully saturated rings. The van der Waals surface area contributed by atoms with Crippen LogP contribution in [-0.4, -0.2) is 29.0 Å². The van der Waals surface area contributed by atoms with Gasteiger partial charge in [-0.2, -0.15) is 0 Å². The van der Waals surface area contributed by atoms with Crippen LogP contribution >= 0.6 is 0 Å². The Morgan fingerprint density at radius 3 is 0.891 bits per heavy atom. The van der Waals surface area contributed by atoms with Gasteiger partial charge in [0.1, 0.15) is 17.2 Å². The van der Waals surface area contributed by atoms with E-state index in [0.29, 0.717) is 61.2 Å². The summed E-state index contributed by atoms with van der Waals surface area (Å²) in [5, 5.41) is 33.8. The molecule has 1 aromatic heterocycles. The third kappa shape index (κ3) is 8.77. The average Bonchev–Trinajstić information content (AvgIpc) is 3.02. The maximum Gasteiger partial charge on any atom is 0.336 e. The molecule has 0 atom stereocenters. The Bertz CT molecular complexity index is 2220. The van der Waals surface area contributed by atoms with Crippen LogP contribution in [0, 0.1) is 0 Å². The zero-order valence-electron chi connectivity index (χ0n) is 35.4. The molecule has 4 aromatic rings. The summed E-state index contributed by atoms with van der Waals surface area (Å²) < 4.78 is 3.19.